The van der Waals surface area contributed by atoms with Crippen molar-refractivity contribution in [1.82, 2.24) is 15.2 Å². The monoisotopic (exact) mass is 541 g/mol. The molecule has 0 radical (unpaired) electrons. The first-order valence-electron chi connectivity index (χ1n) is 10.9. The number of cyclic esters (lactones) is 1. The number of nitrogens with two attached hydrogens (primary N) is 1. The Bertz CT molecular complexity index is 1400. The van der Waals surface area contributed by atoms with E-state index in [1.54, 1.807) is 35.7 Å². The number of hydrogen-bond acceptors (Lipinski definition) is 12. The number of aromatic nitrogens is 1. The number of carbonyl (C=O) groups excluding carboxylic acids is 4. The Morgan fingerprint density at radius 1 is 1.32 bits per heavy atom. The lowest BCUT2D eigenvalue weighted by molar-refractivity contribution is -0.151. The molecule has 2 amide bonds. The molecule has 190 valence electrons. The fourth-order valence-corrected chi connectivity index (χ4v) is 5.68. The number of β-lactam (4-membered cyclic amide) rings is 1. The molecule has 3 aliphatic rings. The van der Waals surface area contributed by atoms with Gasteiger partial charge >= 0.3 is 11.9 Å². The topological polar surface area (TPSA) is 163 Å². The zero-order chi connectivity index (χ0) is 26.1. The van der Waals surface area contributed by atoms with E-state index in [0.29, 0.717) is 22.6 Å². The van der Waals surface area contributed by atoms with Crippen LogP contribution >= 0.6 is 23.1 Å². The molecule has 0 spiro atoms. The number of nitrogen functional groups attached to an aromatic ring is 1. The molecular weight excluding hydrogens is 522 g/mol. The van der Waals surface area contributed by atoms with Crippen molar-refractivity contribution < 1.29 is 33.5 Å². The standard InChI is InChI=1S/C23H19N5O7S2/c1-33-27-16(13-10-37-23(24)25-13)18(29)26-17-19(30)28-14(7-9-36-20(17)28)22(32)34-8-6-15-11-4-2-3-5-12(11)21(31)35-15/h2-7,10,17,20H,8-9H2,1H3,(H2,24,25)(H,26,29)/b15-6-,27-16-/t17?,20-/m1/s1. The molecule has 12 nitrogen and oxygen atoms in total. The fourth-order valence-electron chi connectivity index (χ4n) is 3.94. The van der Waals surface area contributed by atoms with Crippen molar-refractivity contribution >= 4 is 63.5 Å². The fraction of sp³-hybridized carbons (Fsp3) is 0.217. The minimum Gasteiger partial charge on any atom is -0.457 e. The molecule has 1 saturated heterocycles. The minimum absolute atomic E-state index is 0.0829. The lowest BCUT2D eigenvalue weighted by Crippen LogP contribution is -2.70. The van der Waals surface area contributed by atoms with E-state index in [1.165, 1.54) is 29.8 Å². The molecule has 1 unspecified atom stereocenters. The van der Waals surface area contributed by atoms with Gasteiger partial charge in [-0.15, -0.1) is 23.1 Å². The van der Waals surface area contributed by atoms with Gasteiger partial charge in [0.2, 0.25) is 0 Å². The first-order valence-corrected chi connectivity index (χ1v) is 12.8. The van der Waals surface area contributed by atoms with Gasteiger partial charge in [-0.05, 0) is 18.2 Å². The number of ether oxygens (including phenoxy) is 2. The third-order valence-electron chi connectivity index (χ3n) is 5.60. The molecular formula is C23H19N5O7S2. The molecule has 5 rings (SSSR count). The molecule has 2 aromatic rings. The summed E-state index contributed by atoms with van der Waals surface area (Å²) in [7, 11) is 1.28. The zero-order valence-corrected chi connectivity index (χ0v) is 20.8. The van der Waals surface area contributed by atoms with Crippen molar-refractivity contribution in [3.05, 3.63) is 64.3 Å². The third-order valence-corrected chi connectivity index (χ3v) is 7.46. The number of thiazole rings is 1. The Morgan fingerprint density at radius 2 is 2.11 bits per heavy atom. The molecule has 0 bridgehead atoms. The second-order valence-corrected chi connectivity index (χ2v) is 9.81. The molecule has 1 aromatic heterocycles. The van der Waals surface area contributed by atoms with Crippen molar-refractivity contribution in [2.45, 2.75) is 11.4 Å². The molecule has 1 aromatic carbocycles. The molecule has 0 saturated carbocycles. The number of thioether (sulfide) groups is 1. The third kappa shape index (κ3) is 4.56. The van der Waals surface area contributed by atoms with E-state index in [0.717, 1.165) is 11.3 Å². The maximum atomic E-state index is 12.9. The van der Waals surface area contributed by atoms with Gasteiger partial charge in [-0.2, -0.15) is 0 Å². The first kappa shape index (κ1) is 24.5. The predicted octanol–water partition coefficient (Wildman–Crippen LogP) is 1.11. The summed E-state index contributed by atoms with van der Waals surface area (Å²) in [5.41, 5.74) is 6.87. The van der Waals surface area contributed by atoms with Gasteiger partial charge in [0.05, 0.1) is 5.56 Å². The van der Waals surface area contributed by atoms with Crippen LogP contribution in [0.4, 0.5) is 5.13 Å². The summed E-state index contributed by atoms with van der Waals surface area (Å²) >= 11 is 2.51. The summed E-state index contributed by atoms with van der Waals surface area (Å²) in [6.45, 7) is -0.166. The van der Waals surface area contributed by atoms with Crippen molar-refractivity contribution in [3.63, 3.8) is 0 Å². The minimum atomic E-state index is -0.886. The quantitative estimate of drug-likeness (QED) is 0.225. The average Bonchev–Trinajstić information content (AvgIpc) is 3.47. The number of hydrogen-bond donors (Lipinski definition) is 2. The zero-order valence-electron chi connectivity index (χ0n) is 19.2. The highest BCUT2D eigenvalue weighted by Gasteiger charge is 2.53. The van der Waals surface area contributed by atoms with Gasteiger partial charge in [0.1, 0.15) is 42.3 Å². The van der Waals surface area contributed by atoms with Crippen LogP contribution in [0.5, 0.6) is 0 Å². The number of anilines is 1. The van der Waals surface area contributed by atoms with Gasteiger partial charge in [-0.3, -0.25) is 14.5 Å². The number of benzene rings is 1. The molecule has 3 N–H and O–H groups in total. The molecule has 37 heavy (non-hydrogen) atoms. The number of amides is 2. The van der Waals surface area contributed by atoms with Crippen molar-refractivity contribution in [3.8, 4) is 0 Å². The second kappa shape index (κ2) is 10.1. The summed E-state index contributed by atoms with van der Waals surface area (Å²) < 4.78 is 10.5. The Labute approximate surface area is 218 Å². The highest BCUT2D eigenvalue weighted by Crippen LogP contribution is 2.38. The van der Waals surface area contributed by atoms with Gasteiger partial charge < -0.3 is 25.4 Å². The summed E-state index contributed by atoms with van der Waals surface area (Å²) in [6, 6.07) is 6.00. The molecule has 0 aliphatic carbocycles. The Kier molecular flexibility index (Phi) is 6.67. The number of rotatable bonds is 7. The second-order valence-electron chi connectivity index (χ2n) is 7.77. The highest BCUT2D eigenvalue weighted by molar-refractivity contribution is 8.00. The van der Waals surface area contributed by atoms with Crippen LogP contribution in [-0.2, 0) is 28.7 Å². The van der Waals surface area contributed by atoms with Crippen LogP contribution in [0.15, 0.2) is 52.7 Å². The highest BCUT2D eigenvalue weighted by atomic mass is 32.2. The molecule has 2 atom stereocenters. The summed E-state index contributed by atoms with van der Waals surface area (Å²) in [5.74, 6) is -1.59. The number of nitrogens with zero attached hydrogens (tertiary/aromatic N) is 3. The molecule has 4 heterocycles. The van der Waals surface area contributed by atoms with Crippen LogP contribution in [0.3, 0.4) is 0 Å². The first-order chi connectivity index (χ1) is 17.9. The molecule has 14 heteroatoms. The lowest BCUT2D eigenvalue weighted by atomic mass is 10.0. The van der Waals surface area contributed by atoms with Crippen LogP contribution in [0, 0.1) is 0 Å². The van der Waals surface area contributed by atoms with Crippen LogP contribution < -0.4 is 11.1 Å². The van der Waals surface area contributed by atoms with Gasteiger partial charge in [0.25, 0.3) is 11.8 Å². The van der Waals surface area contributed by atoms with Gasteiger partial charge in [0.15, 0.2) is 10.8 Å². The van der Waals surface area contributed by atoms with Crippen molar-refractivity contribution in [2.75, 3.05) is 25.2 Å². The van der Waals surface area contributed by atoms with E-state index in [4.69, 9.17) is 20.0 Å². The van der Waals surface area contributed by atoms with Crippen LogP contribution in [0.1, 0.15) is 21.6 Å². The smallest absolute Gasteiger partial charge is 0.355 e. The van der Waals surface area contributed by atoms with E-state index in [2.05, 4.69) is 15.5 Å². The summed E-state index contributed by atoms with van der Waals surface area (Å²) in [5, 5.41) is 7.65. The van der Waals surface area contributed by atoms with Gasteiger partial charge in [-0.1, -0.05) is 23.4 Å². The van der Waals surface area contributed by atoms with E-state index < -0.39 is 35.2 Å². The van der Waals surface area contributed by atoms with Crippen LogP contribution in [0.2, 0.25) is 0 Å². The lowest BCUT2D eigenvalue weighted by Gasteiger charge is -2.48. The molecule has 3 aliphatic heterocycles. The Morgan fingerprint density at radius 3 is 2.84 bits per heavy atom. The maximum absolute atomic E-state index is 12.9. The number of fused-ring (bicyclic) bond motifs is 2. The normalized spacial score (nSPS) is 21.4. The number of oxime groups is 1. The van der Waals surface area contributed by atoms with Crippen molar-refractivity contribution in [1.29, 1.82) is 0 Å². The predicted molar refractivity (Wildman–Crippen MR) is 134 cm³/mol. The summed E-state index contributed by atoms with van der Waals surface area (Å²) in [6.07, 6.45) is 3.08. The number of nitrogens with one attached hydrogen (secondary N) is 1. The van der Waals surface area contributed by atoms with Gasteiger partial charge in [-0.25, -0.2) is 14.6 Å². The SMILES string of the molecule is CO/N=C(\C(=O)NC1C(=O)N2C(C(=O)OC/C=C3\OC(=O)c4ccccc43)=CCS[C@H]12)c1csc(N)n1. The van der Waals surface area contributed by atoms with Crippen LogP contribution in [0.25, 0.3) is 5.76 Å². The molecule has 1 fully saturated rings. The number of carbonyl (C=O) groups is 4. The van der Waals surface area contributed by atoms with Gasteiger partial charge in [0, 0.05) is 16.7 Å². The largest absolute Gasteiger partial charge is 0.457 e. The van der Waals surface area contributed by atoms with Crippen LogP contribution in [-0.4, -0.2) is 70.2 Å². The van der Waals surface area contributed by atoms with E-state index >= 15 is 0 Å². The number of esters is 2. The van der Waals surface area contributed by atoms with E-state index in [-0.39, 0.29) is 28.8 Å². The average molecular weight is 542 g/mol. The Balaban J connectivity index is 1.22. The Hall–Kier alpha value is -4.17. The maximum Gasteiger partial charge on any atom is 0.355 e. The van der Waals surface area contributed by atoms with Crippen molar-refractivity contribution in [2.24, 2.45) is 5.16 Å². The summed E-state index contributed by atoms with van der Waals surface area (Å²) in [4.78, 5) is 60.5. The van der Waals surface area contributed by atoms with E-state index in [9.17, 15) is 19.2 Å². The van der Waals surface area contributed by atoms with E-state index in [1.807, 2.05) is 0 Å².